The lowest BCUT2D eigenvalue weighted by molar-refractivity contribution is -0.0753. The molecule has 1 aromatic heterocycles. The Morgan fingerprint density at radius 2 is 1.69 bits per heavy atom. The van der Waals surface area contributed by atoms with Crippen LogP contribution >= 0.6 is 22.9 Å². The van der Waals surface area contributed by atoms with Crippen molar-refractivity contribution in [2.24, 2.45) is 4.40 Å². The number of benzene rings is 2. The minimum atomic E-state index is -3.85. The predicted molar refractivity (Wildman–Crippen MR) is 140 cm³/mol. The van der Waals surface area contributed by atoms with E-state index in [1.54, 1.807) is 45.5 Å². The van der Waals surface area contributed by atoms with Crippen LogP contribution < -0.4 is 4.74 Å². The predicted octanol–water partition coefficient (Wildman–Crippen LogP) is 4.96. The van der Waals surface area contributed by atoms with Gasteiger partial charge in [-0.05, 0) is 53.9 Å². The van der Waals surface area contributed by atoms with Gasteiger partial charge in [-0.1, -0.05) is 23.7 Å². The fourth-order valence-corrected chi connectivity index (χ4v) is 5.80. The van der Waals surface area contributed by atoms with E-state index in [-0.39, 0.29) is 10.8 Å². The molecule has 1 amide bonds. The van der Waals surface area contributed by atoms with Gasteiger partial charge in [0, 0.05) is 31.6 Å². The number of amides is 1. The van der Waals surface area contributed by atoms with Gasteiger partial charge in [0.05, 0.1) is 24.1 Å². The van der Waals surface area contributed by atoms with Crippen LogP contribution in [0.25, 0.3) is 21.6 Å². The molecule has 0 radical (unpaired) electrons. The first-order valence-corrected chi connectivity index (χ1v) is 13.0. The first kappa shape index (κ1) is 26.7. The molecule has 0 N–H and O–H groups in total. The molecule has 0 saturated heterocycles. The van der Waals surface area contributed by atoms with E-state index in [2.05, 4.69) is 4.40 Å². The number of sulfonamides is 1. The molecule has 35 heavy (non-hydrogen) atoms. The quantitative estimate of drug-likeness (QED) is 0.230. The van der Waals surface area contributed by atoms with Gasteiger partial charge in [0.25, 0.3) is 15.9 Å². The fraction of sp³-hybridized carbons (Fsp3) is 0.250. The van der Waals surface area contributed by atoms with E-state index in [1.807, 2.05) is 13.0 Å². The number of rotatable bonds is 8. The summed E-state index contributed by atoms with van der Waals surface area (Å²) in [7, 11) is 4.01. The van der Waals surface area contributed by atoms with Gasteiger partial charge in [-0.15, -0.1) is 15.7 Å². The fourth-order valence-electron chi connectivity index (χ4n) is 3.33. The number of ether oxygens (including phenoxy) is 1. The zero-order valence-corrected chi connectivity index (χ0v) is 22.6. The van der Waals surface area contributed by atoms with Crippen molar-refractivity contribution in [3.05, 3.63) is 57.9 Å². The zero-order valence-electron chi connectivity index (χ0n) is 20.2. The molecule has 0 fully saturated rings. The van der Waals surface area contributed by atoms with Crippen LogP contribution in [-0.4, -0.2) is 66.0 Å². The normalized spacial score (nSPS) is 11.6. The number of hydrogen-bond acceptors (Lipinski definition) is 6. The van der Waals surface area contributed by atoms with Crippen LogP contribution in [0, 0.1) is 6.92 Å². The number of hydroxylamine groups is 2. The highest BCUT2D eigenvalue weighted by atomic mass is 35.5. The van der Waals surface area contributed by atoms with Gasteiger partial charge in [0.2, 0.25) is 0 Å². The maximum atomic E-state index is 13.2. The Balaban J connectivity index is 2.15. The Hall–Kier alpha value is -2.92. The molecule has 2 aromatic carbocycles. The molecule has 0 atom stereocenters. The number of nitrogens with zero attached hydrogens (tertiary/aromatic N) is 3. The summed E-state index contributed by atoms with van der Waals surface area (Å²) in [5.41, 5.74) is 3.06. The number of thiophene rings is 1. The van der Waals surface area contributed by atoms with Crippen molar-refractivity contribution in [2.45, 2.75) is 11.8 Å². The third-order valence-corrected chi connectivity index (χ3v) is 8.04. The molecule has 1 heterocycles. The molecular weight excluding hydrogens is 510 g/mol. The second kappa shape index (κ2) is 10.8. The molecule has 0 aliphatic carbocycles. The molecule has 186 valence electrons. The van der Waals surface area contributed by atoms with E-state index >= 15 is 0 Å². The van der Waals surface area contributed by atoms with Gasteiger partial charge in [-0.2, -0.15) is 8.42 Å². The van der Waals surface area contributed by atoms with E-state index in [1.165, 1.54) is 48.9 Å². The molecular formula is C24H26ClN3O5S2. The summed E-state index contributed by atoms with van der Waals surface area (Å²) in [6.07, 6.45) is 1.23. The molecule has 0 saturated carbocycles. The highest BCUT2D eigenvalue weighted by Gasteiger charge is 2.26. The van der Waals surface area contributed by atoms with Crippen LogP contribution in [0.2, 0.25) is 5.02 Å². The van der Waals surface area contributed by atoms with Crippen LogP contribution in [-0.2, 0) is 14.9 Å². The van der Waals surface area contributed by atoms with E-state index < -0.39 is 10.0 Å². The minimum Gasteiger partial charge on any atom is -0.495 e. The van der Waals surface area contributed by atoms with E-state index in [0.29, 0.717) is 26.8 Å². The van der Waals surface area contributed by atoms with Crippen molar-refractivity contribution >= 4 is 45.2 Å². The van der Waals surface area contributed by atoms with Crippen LogP contribution in [0.5, 0.6) is 5.75 Å². The van der Waals surface area contributed by atoms with Crippen molar-refractivity contribution in [3.8, 4) is 27.3 Å². The molecule has 0 aliphatic heterocycles. The third kappa shape index (κ3) is 5.67. The number of carbonyl (C=O) groups is 1. The molecule has 3 aromatic rings. The average molecular weight is 536 g/mol. The average Bonchev–Trinajstić information content (AvgIpc) is 3.18. The van der Waals surface area contributed by atoms with E-state index in [0.717, 1.165) is 21.1 Å². The number of carbonyl (C=O) groups excluding carboxylic acids is 1. The van der Waals surface area contributed by atoms with Crippen molar-refractivity contribution < 1.29 is 22.8 Å². The van der Waals surface area contributed by atoms with Gasteiger partial charge in [0.1, 0.15) is 17.0 Å². The second-order valence-electron chi connectivity index (χ2n) is 7.78. The maximum Gasteiger partial charge on any atom is 0.287 e. The van der Waals surface area contributed by atoms with Crippen molar-refractivity contribution in [1.29, 1.82) is 0 Å². The summed E-state index contributed by atoms with van der Waals surface area (Å²) in [5, 5.41) is 1.60. The largest absolute Gasteiger partial charge is 0.495 e. The summed E-state index contributed by atoms with van der Waals surface area (Å²) in [6, 6.07) is 11.7. The lowest BCUT2D eigenvalue weighted by Gasteiger charge is -2.14. The van der Waals surface area contributed by atoms with Crippen LogP contribution in [0.15, 0.2) is 51.8 Å². The van der Waals surface area contributed by atoms with Crippen molar-refractivity contribution in [1.82, 2.24) is 9.96 Å². The Bertz CT molecular complexity index is 1370. The minimum absolute atomic E-state index is 0.0521. The van der Waals surface area contributed by atoms with Gasteiger partial charge in [0.15, 0.2) is 0 Å². The highest BCUT2D eigenvalue weighted by molar-refractivity contribution is 7.90. The van der Waals surface area contributed by atoms with Gasteiger partial charge < -0.3 is 9.64 Å². The Labute approximate surface area is 214 Å². The van der Waals surface area contributed by atoms with Crippen LogP contribution in [0.1, 0.15) is 15.2 Å². The highest BCUT2D eigenvalue weighted by Crippen LogP contribution is 2.44. The summed E-state index contributed by atoms with van der Waals surface area (Å²) in [5.74, 6) is 0.225. The standard InChI is InChI=1S/C24H26ClN3O5S2/c1-15-21(16-7-10-18(11-8-16)35(30,31)26-14-27(2)3)23(24(29)28(4)33-6)34-22(15)17-9-12-20(32-5)19(25)13-17/h7-14H,1-6H3. The summed E-state index contributed by atoms with van der Waals surface area (Å²) in [6.45, 7) is 1.91. The Morgan fingerprint density at radius 3 is 2.23 bits per heavy atom. The smallest absolute Gasteiger partial charge is 0.287 e. The SMILES string of the molecule is COc1ccc(-c2sc(C(=O)N(C)OC)c(-c3ccc(S(=O)(=O)N=CN(C)C)cc3)c2C)cc1Cl. The molecule has 0 bridgehead atoms. The van der Waals surface area contributed by atoms with Crippen LogP contribution in [0.4, 0.5) is 0 Å². The molecule has 0 spiro atoms. The summed E-state index contributed by atoms with van der Waals surface area (Å²) in [4.78, 5) is 21.2. The Morgan fingerprint density at radius 1 is 1.06 bits per heavy atom. The summed E-state index contributed by atoms with van der Waals surface area (Å²) < 4.78 is 33.9. The molecule has 8 nitrogen and oxygen atoms in total. The van der Waals surface area contributed by atoms with Gasteiger partial charge in [-0.3, -0.25) is 9.63 Å². The second-order valence-corrected chi connectivity index (χ2v) is 10.8. The lowest BCUT2D eigenvalue weighted by Crippen LogP contribution is -2.25. The van der Waals surface area contributed by atoms with Crippen molar-refractivity contribution in [2.75, 3.05) is 35.4 Å². The van der Waals surface area contributed by atoms with E-state index in [9.17, 15) is 13.2 Å². The molecule has 11 heteroatoms. The Kier molecular flexibility index (Phi) is 8.22. The molecule has 0 unspecified atom stereocenters. The van der Waals surface area contributed by atoms with Gasteiger partial charge >= 0.3 is 0 Å². The maximum absolute atomic E-state index is 13.2. The first-order valence-electron chi connectivity index (χ1n) is 10.4. The van der Waals surface area contributed by atoms with Gasteiger partial charge in [-0.25, -0.2) is 5.06 Å². The number of hydrogen-bond donors (Lipinski definition) is 0. The van der Waals surface area contributed by atoms with Crippen LogP contribution in [0.3, 0.4) is 0 Å². The zero-order chi connectivity index (χ0) is 25.9. The topological polar surface area (TPSA) is 88.5 Å². The van der Waals surface area contributed by atoms with Crippen molar-refractivity contribution in [3.63, 3.8) is 0 Å². The third-order valence-electron chi connectivity index (χ3n) is 5.17. The number of halogens is 1. The summed E-state index contributed by atoms with van der Waals surface area (Å²) >= 11 is 7.66. The molecule has 0 aliphatic rings. The number of methoxy groups -OCH3 is 1. The first-order chi connectivity index (χ1) is 16.5. The lowest BCUT2D eigenvalue weighted by atomic mass is 9.98. The monoisotopic (exact) mass is 535 g/mol. The van der Waals surface area contributed by atoms with E-state index in [4.69, 9.17) is 21.2 Å². The molecule has 3 rings (SSSR count).